The number of hydrogen-bond acceptors (Lipinski definition) is 5. The molecular weight excluding hydrogens is 346 g/mol. The summed E-state index contributed by atoms with van der Waals surface area (Å²) in [6.45, 7) is 3.70. The van der Waals surface area contributed by atoms with Gasteiger partial charge in [-0.15, -0.1) is 0 Å². The van der Waals surface area contributed by atoms with Crippen molar-refractivity contribution in [3.05, 3.63) is 46.6 Å². The van der Waals surface area contributed by atoms with Crippen LogP contribution < -0.4 is 10.6 Å². The van der Waals surface area contributed by atoms with Crippen LogP contribution >= 0.6 is 11.6 Å². The number of halogens is 1. The Labute approximate surface area is 159 Å². The summed E-state index contributed by atoms with van der Waals surface area (Å²) in [5, 5.41) is 16.6. The first-order chi connectivity index (χ1) is 12.7. The quantitative estimate of drug-likeness (QED) is 0.761. The van der Waals surface area contributed by atoms with E-state index in [0.717, 1.165) is 18.0 Å². The smallest absolute Gasteiger partial charge is 0.224 e. The van der Waals surface area contributed by atoms with Crippen LogP contribution in [0.1, 0.15) is 43.7 Å². The van der Waals surface area contributed by atoms with E-state index in [0.29, 0.717) is 34.8 Å². The SMILES string of the molecule is CC1CCC(CNc2nc(NCc3ccccc3Cl)ncc2C#N)CC1. The molecule has 0 radical (unpaired) electrons. The molecule has 1 aliphatic carbocycles. The molecule has 0 unspecified atom stereocenters. The maximum absolute atomic E-state index is 9.32. The Morgan fingerprint density at radius 2 is 1.96 bits per heavy atom. The summed E-state index contributed by atoms with van der Waals surface area (Å²) in [6, 6.07) is 9.83. The maximum Gasteiger partial charge on any atom is 0.224 e. The zero-order chi connectivity index (χ0) is 18.4. The van der Waals surface area contributed by atoms with Crippen LogP contribution in [0.3, 0.4) is 0 Å². The second kappa shape index (κ2) is 8.86. The van der Waals surface area contributed by atoms with Crippen molar-refractivity contribution < 1.29 is 0 Å². The van der Waals surface area contributed by atoms with Crippen molar-refractivity contribution >= 4 is 23.4 Å². The minimum atomic E-state index is 0.470. The van der Waals surface area contributed by atoms with Gasteiger partial charge in [0.1, 0.15) is 17.5 Å². The monoisotopic (exact) mass is 369 g/mol. The van der Waals surface area contributed by atoms with Gasteiger partial charge in [0.05, 0.1) is 6.20 Å². The van der Waals surface area contributed by atoms with Crippen molar-refractivity contribution in [2.75, 3.05) is 17.2 Å². The maximum atomic E-state index is 9.32. The Morgan fingerprint density at radius 1 is 1.19 bits per heavy atom. The summed E-state index contributed by atoms with van der Waals surface area (Å²) in [4.78, 5) is 8.72. The number of nitrogens with one attached hydrogen (secondary N) is 2. The van der Waals surface area contributed by atoms with Crippen molar-refractivity contribution in [1.82, 2.24) is 9.97 Å². The lowest BCUT2D eigenvalue weighted by Crippen LogP contribution is -2.21. The van der Waals surface area contributed by atoms with E-state index in [1.54, 1.807) is 6.20 Å². The number of hydrogen-bond donors (Lipinski definition) is 2. The standard InChI is InChI=1S/C20H24ClN5/c1-14-6-8-15(9-7-14)11-23-19-17(10-22)13-25-20(26-19)24-12-16-4-2-3-5-18(16)21/h2-5,13-15H,6-9,11-12H2,1H3,(H2,23,24,25,26). The van der Waals surface area contributed by atoms with Gasteiger partial charge in [-0.05, 0) is 36.3 Å². The Kier molecular flexibility index (Phi) is 6.30. The molecule has 1 aliphatic rings. The highest BCUT2D eigenvalue weighted by atomic mass is 35.5. The average Bonchev–Trinajstić information content (AvgIpc) is 2.67. The molecule has 1 saturated carbocycles. The summed E-state index contributed by atoms with van der Waals surface area (Å²) >= 11 is 6.18. The van der Waals surface area contributed by atoms with Gasteiger partial charge in [-0.3, -0.25) is 0 Å². The van der Waals surface area contributed by atoms with Crippen LogP contribution in [-0.2, 0) is 6.54 Å². The van der Waals surface area contributed by atoms with E-state index >= 15 is 0 Å². The second-order valence-corrected chi connectivity index (χ2v) is 7.43. The van der Waals surface area contributed by atoms with E-state index in [2.05, 4.69) is 33.6 Å². The first-order valence-electron chi connectivity index (χ1n) is 9.14. The Morgan fingerprint density at radius 3 is 2.69 bits per heavy atom. The average molecular weight is 370 g/mol. The van der Waals surface area contributed by atoms with Crippen molar-refractivity contribution in [2.24, 2.45) is 11.8 Å². The third-order valence-electron chi connectivity index (χ3n) is 5.00. The molecule has 2 aromatic rings. The van der Waals surface area contributed by atoms with E-state index in [9.17, 15) is 5.26 Å². The topological polar surface area (TPSA) is 73.6 Å². The molecule has 1 fully saturated rings. The molecule has 5 nitrogen and oxygen atoms in total. The fraction of sp³-hybridized carbons (Fsp3) is 0.450. The normalized spacial score (nSPS) is 19.6. The number of rotatable bonds is 6. The highest BCUT2D eigenvalue weighted by Gasteiger charge is 2.18. The highest BCUT2D eigenvalue weighted by Crippen LogP contribution is 2.28. The van der Waals surface area contributed by atoms with Crippen LogP contribution in [0.2, 0.25) is 5.02 Å². The van der Waals surface area contributed by atoms with Crippen LogP contribution in [0, 0.1) is 23.2 Å². The summed E-state index contributed by atoms with van der Waals surface area (Å²) in [5.74, 6) is 2.57. The predicted octanol–water partition coefficient (Wildman–Crippen LogP) is 4.85. The lowest BCUT2D eigenvalue weighted by atomic mass is 9.83. The Balaban J connectivity index is 1.62. The van der Waals surface area contributed by atoms with Crippen LogP contribution in [0.15, 0.2) is 30.5 Å². The van der Waals surface area contributed by atoms with Gasteiger partial charge in [-0.25, -0.2) is 4.98 Å². The first kappa shape index (κ1) is 18.5. The number of benzene rings is 1. The minimum absolute atomic E-state index is 0.470. The molecule has 0 amide bonds. The summed E-state index contributed by atoms with van der Waals surface area (Å²) in [5.41, 5.74) is 1.45. The largest absolute Gasteiger partial charge is 0.369 e. The van der Waals surface area contributed by atoms with Gasteiger partial charge in [0.2, 0.25) is 5.95 Å². The van der Waals surface area contributed by atoms with Gasteiger partial charge < -0.3 is 10.6 Å². The lowest BCUT2D eigenvalue weighted by molar-refractivity contribution is 0.300. The van der Waals surface area contributed by atoms with Gasteiger partial charge >= 0.3 is 0 Å². The van der Waals surface area contributed by atoms with Crippen LogP contribution in [0.5, 0.6) is 0 Å². The van der Waals surface area contributed by atoms with E-state index in [4.69, 9.17) is 11.6 Å². The molecule has 6 heteroatoms. The number of anilines is 2. The second-order valence-electron chi connectivity index (χ2n) is 7.02. The third-order valence-corrected chi connectivity index (χ3v) is 5.37. The van der Waals surface area contributed by atoms with E-state index in [1.165, 1.54) is 25.7 Å². The van der Waals surface area contributed by atoms with Crippen molar-refractivity contribution in [1.29, 1.82) is 5.26 Å². The number of aromatic nitrogens is 2. The van der Waals surface area contributed by atoms with Gasteiger partial charge in [-0.1, -0.05) is 49.6 Å². The fourth-order valence-corrected chi connectivity index (χ4v) is 3.48. The molecule has 3 rings (SSSR count). The Bertz CT molecular complexity index is 778. The molecule has 0 bridgehead atoms. The fourth-order valence-electron chi connectivity index (χ4n) is 3.27. The molecule has 1 aromatic carbocycles. The van der Waals surface area contributed by atoms with Crippen LogP contribution in [-0.4, -0.2) is 16.5 Å². The minimum Gasteiger partial charge on any atom is -0.369 e. The van der Waals surface area contributed by atoms with Crippen molar-refractivity contribution in [2.45, 2.75) is 39.2 Å². The molecule has 1 aromatic heterocycles. The van der Waals surface area contributed by atoms with Gasteiger partial charge in [-0.2, -0.15) is 10.2 Å². The predicted molar refractivity (Wildman–Crippen MR) is 105 cm³/mol. The molecule has 136 valence electrons. The van der Waals surface area contributed by atoms with Gasteiger partial charge in [0.25, 0.3) is 0 Å². The van der Waals surface area contributed by atoms with E-state index in [1.807, 2.05) is 24.3 Å². The van der Waals surface area contributed by atoms with Crippen molar-refractivity contribution in [3.8, 4) is 6.07 Å². The number of nitrogens with zero attached hydrogens (tertiary/aromatic N) is 3. The zero-order valence-corrected chi connectivity index (χ0v) is 15.8. The molecule has 0 spiro atoms. The zero-order valence-electron chi connectivity index (χ0n) is 15.0. The highest BCUT2D eigenvalue weighted by molar-refractivity contribution is 6.31. The van der Waals surface area contributed by atoms with Crippen LogP contribution in [0.4, 0.5) is 11.8 Å². The van der Waals surface area contributed by atoms with Crippen LogP contribution in [0.25, 0.3) is 0 Å². The summed E-state index contributed by atoms with van der Waals surface area (Å²) < 4.78 is 0. The van der Waals surface area contributed by atoms with Gasteiger partial charge in [0.15, 0.2) is 0 Å². The molecular formula is C20H24ClN5. The molecule has 2 N–H and O–H groups in total. The molecule has 0 aliphatic heterocycles. The number of nitriles is 1. The molecule has 0 saturated heterocycles. The van der Waals surface area contributed by atoms with E-state index < -0.39 is 0 Å². The summed E-state index contributed by atoms with van der Waals surface area (Å²) in [6.07, 6.45) is 6.60. The van der Waals surface area contributed by atoms with Gasteiger partial charge in [0, 0.05) is 18.1 Å². The molecule has 1 heterocycles. The molecule has 26 heavy (non-hydrogen) atoms. The van der Waals surface area contributed by atoms with Crippen molar-refractivity contribution in [3.63, 3.8) is 0 Å². The van der Waals surface area contributed by atoms with E-state index in [-0.39, 0.29) is 0 Å². The first-order valence-corrected chi connectivity index (χ1v) is 9.51. The molecule has 0 atom stereocenters. The summed E-state index contributed by atoms with van der Waals surface area (Å²) in [7, 11) is 0. The lowest BCUT2D eigenvalue weighted by Gasteiger charge is -2.26. The third kappa shape index (κ3) is 4.86. The Hall–Kier alpha value is -2.32.